The Balaban J connectivity index is 1.57. The number of rotatable bonds is 22. The molecule has 0 unspecified atom stereocenters. The van der Waals surface area contributed by atoms with Gasteiger partial charge in [-0.15, -0.1) is 0 Å². The number of nitriles is 2. The van der Waals surface area contributed by atoms with E-state index in [2.05, 4.69) is 0 Å². The predicted octanol–water partition coefficient (Wildman–Crippen LogP) is 2.15. The van der Waals surface area contributed by atoms with Crippen LogP contribution in [-0.4, -0.2) is 93.5 Å². The number of benzene rings is 2. The van der Waals surface area contributed by atoms with Crippen molar-refractivity contribution in [2.75, 3.05) is 105 Å². The van der Waals surface area contributed by atoms with E-state index in [1.165, 1.54) is 0 Å². The van der Waals surface area contributed by atoms with Gasteiger partial charge in [-0.1, -0.05) is 0 Å². The standard InChI is InChI=1S/C28H38N4O9/c1-33-3-11-38-27-17-23(31)21(19-29)15-25(27)40-13-9-36-7-5-35-6-8-37-10-14-41-26-16-22(20-30)24(32)18-28(26)39-12-4-34-2/h15-18H,3-14,31-32H2,1-2H3. The monoisotopic (exact) mass is 574 g/mol. The van der Waals surface area contributed by atoms with Gasteiger partial charge in [0.15, 0.2) is 23.0 Å². The first-order valence-corrected chi connectivity index (χ1v) is 12.9. The second-order valence-electron chi connectivity index (χ2n) is 8.21. The second-order valence-corrected chi connectivity index (χ2v) is 8.21. The van der Waals surface area contributed by atoms with E-state index in [1.807, 2.05) is 12.1 Å². The van der Waals surface area contributed by atoms with Crippen LogP contribution in [0.2, 0.25) is 0 Å². The van der Waals surface area contributed by atoms with Gasteiger partial charge in [-0.3, -0.25) is 0 Å². The number of hydrogen-bond acceptors (Lipinski definition) is 13. The van der Waals surface area contributed by atoms with E-state index in [1.54, 1.807) is 38.5 Å². The van der Waals surface area contributed by atoms with Crippen LogP contribution in [0.4, 0.5) is 11.4 Å². The highest BCUT2D eigenvalue weighted by molar-refractivity contribution is 5.63. The molecule has 0 amide bonds. The molecule has 224 valence electrons. The summed E-state index contributed by atoms with van der Waals surface area (Å²) in [5.74, 6) is 1.68. The van der Waals surface area contributed by atoms with Crippen LogP contribution in [0.5, 0.6) is 23.0 Å². The molecule has 0 fully saturated rings. The first-order chi connectivity index (χ1) is 20.0. The number of nitrogen functional groups attached to an aromatic ring is 2. The summed E-state index contributed by atoms with van der Waals surface area (Å²) >= 11 is 0. The number of nitrogens with zero attached hydrogens (tertiary/aromatic N) is 2. The van der Waals surface area contributed by atoms with Gasteiger partial charge in [0.2, 0.25) is 0 Å². The van der Waals surface area contributed by atoms with Gasteiger partial charge in [-0.2, -0.15) is 10.5 Å². The molecule has 13 nitrogen and oxygen atoms in total. The molecule has 2 aromatic rings. The maximum Gasteiger partial charge on any atom is 0.163 e. The second kappa shape index (κ2) is 20.0. The van der Waals surface area contributed by atoms with Gasteiger partial charge in [0.05, 0.1) is 75.4 Å². The third kappa shape index (κ3) is 12.4. The van der Waals surface area contributed by atoms with Gasteiger partial charge in [0, 0.05) is 38.5 Å². The van der Waals surface area contributed by atoms with Gasteiger partial charge in [-0.05, 0) is 0 Å². The Morgan fingerprint density at radius 2 is 0.780 bits per heavy atom. The molecule has 0 saturated carbocycles. The summed E-state index contributed by atoms with van der Waals surface area (Å²) in [5, 5.41) is 18.4. The average Bonchev–Trinajstić information content (AvgIpc) is 2.97. The summed E-state index contributed by atoms with van der Waals surface area (Å²) in [6.07, 6.45) is 0. The van der Waals surface area contributed by atoms with Crippen LogP contribution < -0.4 is 30.4 Å². The van der Waals surface area contributed by atoms with E-state index in [0.717, 1.165) is 0 Å². The molecule has 2 rings (SSSR count). The molecular weight excluding hydrogens is 536 g/mol. The molecule has 0 aromatic heterocycles. The minimum absolute atomic E-state index is 0.252. The van der Waals surface area contributed by atoms with Crippen LogP contribution in [-0.2, 0) is 23.7 Å². The molecule has 0 aliphatic carbocycles. The van der Waals surface area contributed by atoms with Crippen molar-refractivity contribution < 1.29 is 42.6 Å². The minimum Gasteiger partial charge on any atom is -0.487 e. The number of nitrogens with two attached hydrogens (primary N) is 2. The first kappa shape index (κ1) is 33.2. The fourth-order valence-corrected chi connectivity index (χ4v) is 3.23. The quantitative estimate of drug-likeness (QED) is 0.154. The lowest BCUT2D eigenvalue weighted by Crippen LogP contribution is -2.15. The summed E-state index contributed by atoms with van der Waals surface area (Å²) in [5.41, 5.74) is 13.0. The highest BCUT2D eigenvalue weighted by Gasteiger charge is 2.12. The van der Waals surface area contributed by atoms with Crippen molar-refractivity contribution in [3.05, 3.63) is 35.4 Å². The molecule has 0 aliphatic heterocycles. The third-order valence-electron chi connectivity index (χ3n) is 5.28. The van der Waals surface area contributed by atoms with Crippen molar-refractivity contribution in [2.24, 2.45) is 0 Å². The topological polar surface area (TPSA) is 183 Å². The van der Waals surface area contributed by atoms with Crippen molar-refractivity contribution in [3.8, 4) is 35.1 Å². The number of methoxy groups -OCH3 is 2. The molecule has 0 radical (unpaired) electrons. The van der Waals surface area contributed by atoms with Crippen molar-refractivity contribution in [1.82, 2.24) is 0 Å². The lowest BCUT2D eigenvalue weighted by atomic mass is 10.2. The van der Waals surface area contributed by atoms with E-state index in [-0.39, 0.29) is 13.2 Å². The lowest BCUT2D eigenvalue weighted by Gasteiger charge is -2.14. The normalized spacial score (nSPS) is 10.5. The average molecular weight is 575 g/mol. The fourth-order valence-electron chi connectivity index (χ4n) is 3.23. The fraction of sp³-hybridized carbons (Fsp3) is 0.500. The van der Waals surface area contributed by atoms with Gasteiger partial charge >= 0.3 is 0 Å². The van der Waals surface area contributed by atoms with E-state index in [0.29, 0.717) is 112 Å². The lowest BCUT2D eigenvalue weighted by molar-refractivity contribution is 0.00469. The minimum atomic E-state index is 0.252. The van der Waals surface area contributed by atoms with E-state index in [9.17, 15) is 10.5 Å². The SMILES string of the molecule is COCCOc1cc(N)c(C#N)cc1OCCOCCOCCOCCOc1cc(C#N)c(N)cc1OCCOC. The molecule has 0 aliphatic rings. The van der Waals surface area contributed by atoms with Gasteiger partial charge in [0.1, 0.15) is 38.6 Å². The van der Waals surface area contributed by atoms with Crippen LogP contribution in [0.15, 0.2) is 24.3 Å². The van der Waals surface area contributed by atoms with Gasteiger partial charge in [0.25, 0.3) is 0 Å². The van der Waals surface area contributed by atoms with Crippen LogP contribution in [0.1, 0.15) is 11.1 Å². The molecule has 13 heteroatoms. The molecule has 41 heavy (non-hydrogen) atoms. The Morgan fingerprint density at radius 3 is 1.10 bits per heavy atom. The Bertz CT molecular complexity index is 1050. The largest absolute Gasteiger partial charge is 0.487 e. The predicted molar refractivity (Wildman–Crippen MR) is 149 cm³/mol. The molecule has 0 saturated heterocycles. The molecule has 4 N–H and O–H groups in total. The Labute approximate surface area is 240 Å². The van der Waals surface area contributed by atoms with Crippen molar-refractivity contribution in [3.63, 3.8) is 0 Å². The highest BCUT2D eigenvalue weighted by Crippen LogP contribution is 2.33. The van der Waals surface area contributed by atoms with Crippen LogP contribution in [0, 0.1) is 22.7 Å². The zero-order valence-corrected chi connectivity index (χ0v) is 23.5. The molecule has 2 aromatic carbocycles. The molecular formula is C28H38N4O9. The Hall–Kier alpha value is -3.98. The first-order valence-electron chi connectivity index (χ1n) is 12.9. The summed E-state index contributed by atoms with van der Waals surface area (Å²) in [4.78, 5) is 0. The smallest absolute Gasteiger partial charge is 0.163 e. The van der Waals surface area contributed by atoms with Gasteiger partial charge in [-0.25, -0.2) is 0 Å². The zero-order valence-electron chi connectivity index (χ0n) is 23.5. The summed E-state index contributed by atoms with van der Waals surface area (Å²) in [6, 6.07) is 10.3. The number of ether oxygens (including phenoxy) is 9. The summed E-state index contributed by atoms with van der Waals surface area (Å²) in [6.45, 7) is 4.10. The van der Waals surface area contributed by atoms with Crippen molar-refractivity contribution >= 4 is 11.4 Å². The number of anilines is 2. The van der Waals surface area contributed by atoms with Crippen LogP contribution in [0.25, 0.3) is 0 Å². The number of hydrogen-bond donors (Lipinski definition) is 2. The van der Waals surface area contributed by atoms with E-state index in [4.69, 9.17) is 54.1 Å². The van der Waals surface area contributed by atoms with Gasteiger partial charge < -0.3 is 54.1 Å². The summed E-state index contributed by atoms with van der Waals surface area (Å²) in [7, 11) is 3.15. The summed E-state index contributed by atoms with van der Waals surface area (Å²) < 4.78 is 49.2. The molecule has 0 atom stereocenters. The maximum absolute atomic E-state index is 9.22. The van der Waals surface area contributed by atoms with Crippen LogP contribution >= 0.6 is 0 Å². The molecule has 0 bridgehead atoms. The Kier molecular flexibility index (Phi) is 16.2. The highest BCUT2D eigenvalue weighted by atomic mass is 16.6. The molecule has 0 heterocycles. The van der Waals surface area contributed by atoms with Crippen molar-refractivity contribution in [2.45, 2.75) is 0 Å². The third-order valence-corrected chi connectivity index (χ3v) is 5.28. The zero-order chi connectivity index (χ0) is 29.7. The maximum atomic E-state index is 9.22. The van der Waals surface area contributed by atoms with Crippen molar-refractivity contribution in [1.29, 1.82) is 10.5 Å². The molecule has 0 spiro atoms. The van der Waals surface area contributed by atoms with E-state index < -0.39 is 0 Å². The Morgan fingerprint density at radius 1 is 0.488 bits per heavy atom. The van der Waals surface area contributed by atoms with E-state index >= 15 is 0 Å². The van der Waals surface area contributed by atoms with Crippen LogP contribution in [0.3, 0.4) is 0 Å².